The second kappa shape index (κ2) is 12.1. The van der Waals surface area contributed by atoms with Gasteiger partial charge in [0.15, 0.2) is 23.2 Å². The van der Waals surface area contributed by atoms with Crippen LogP contribution in [-0.2, 0) is 11.8 Å². The fourth-order valence-corrected chi connectivity index (χ4v) is 4.28. The second-order valence-corrected chi connectivity index (χ2v) is 9.39. The zero-order valence-electron chi connectivity index (χ0n) is 22.7. The van der Waals surface area contributed by atoms with E-state index in [0.29, 0.717) is 16.8 Å². The van der Waals surface area contributed by atoms with Gasteiger partial charge < -0.3 is 14.6 Å². The Kier molecular flexibility index (Phi) is 8.10. The van der Waals surface area contributed by atoms with Crippen molar-refractivity contribution in [3.63, 3.8) is 0 Å². The highest BCUT2D eigenvalue weighted by Gasteiger charge is 2.21. The van der Waals surface area contributed by atoms with Crippen molar-refractivity contribution in [3.05, 3.63) is 114 Å². The van der Waals surface area contributed by atoms with Gasteiger partial charge in [-0.15, -0.1) is 5.10 Å². The first-order valence-corrected chi connectivity index (χ1v) is 12.8. The molecule has 0 spiro atoms. The Bertz CT molecular complexity index is 1790. The Balaban J connectivity index is 1.34. The van der Waals surface area contributed by atoms with Crippen LogP contribution in [0, 0.1) is 17.5 Å². The number of carbonyl (C=O) groups excluding carboxylic acids is 1. The van der Waals surface area contributed by atoms with Crippen LogP contribution in [-0.4, -0.2) is 32.2 Å². The van der Waals surface area contributed by atoms with Gasteiger partial charge in [-0.3, -0.25) is 5.32 Å². The number of benzene rings is 4. The van der Waals surface area contributed by atoms with Crippen molar-refractivity contribution >= 4 is 17.9 Å². The van der Waals surface area contributed by atoms with Gasteiger partial charge in [0.05, 0.1) is 0 Å². The summed E-state index contributed by atoms with van der Waals surface area (Å²) >= 11 is 0. The average Bonchev–Trinajstić information content (AvgIpc) is 3.34. The highest BCUT2D eigenvalue weighted by atomic mass is 19.1. The lowest BCUT2D eigenvalue weighted by Gasteiger charge is -2.14. The van der Waals surface area contributed by atoms with E-state index < -0.39 is 52.7 Å². The lowest BCUT2D eigenvalue weighted by molar-refractivity contribution is 0.0693. The van der Waals surface area contributed by atoms with Crippen molar-refractivity contribution < 1.29 is 37.3 Å². The molecule has 5 rings (SSSR count). The van der Waals surface area contributed by atoms with Crippen molar-refractivity contribution in [1.82, 2.24) is 15.0 Å². The summed E-state index contributed by atoms with van der Waals surface area (Å²) in [5.41, 5.74) is 1.84. The SMILES string of the molecule is C[C@@H](OC(=O)Nc1c(-c2ccc(-c3cc(F)c(Oc4cc(F)ccc4C(=O)O)c(F)c3)cc2)nnn1C)c1ccccc1. The molecule has 9 nitrogen and oxygen atoms in total. The molecular formula is C31H23F3N4O5. The minimum absolute atomic E-state index is 0.155. The molecule has 43 heavy (non-hydrogen) atoms. The Morgan fingerprint density at radius 1 is 0.884 bits per heavy atom. The number of halogens is 3. The van der Waals surface area contributed by atoms with Crippen molar-refractivity contribution in [1.29, 1.82) is 0 Å². The third-order valence-corrected chi connectivity index (χ3v) is 6.48. The van der Waals surface area contributed by atoms with Crippen molar-refractivity contribution in [2.45, 2.75) is 13.0 Å². The number of carbonyl (C=O) groups is 2. The zero-order chi connectivity index (χ0) is 30.7. The van der Waals surface area contributed by atoms with Crippen molar-refractivity contribution in [2.24, 2.45) is 7.05 Å². The van der Waals surface area contributed by atoms with Crippen LogP contribution in [0.25, 0.3) is 22.4 Å². The Labute approximate surface area is 243 Å². The first kappa shape index (κ1) is 28.9. The quantitative estimate of drug-likeness (QED) is 0.195. The average molecular weight is 589 g/mol. The predicted molar refractivity (Wildman–Crippen MR) is 150 cm³/mol. The molecule has 1 heterocycles. The van der Waals surface area contributed by atoms with Gasteiger partial charge in [0, 0.05) is 18.7 Å². The molecule has 12 heteroatoms. The number of carboxylic acid groups (broad SMARTS) is 1. The standard InChI is InChI=1S/C31H23F3N4O5/c1-17(18-6-4-3-5-7-18)42-31(41)35-29-27(36-37-38(29)2)20-10-8-19(9-11-20)21-14-24(33)28(25(34)15-21)43-26-16-22(32)12-13-23(26)30(39)40/h3-17H,1-2H3,(H,35,41)(H,39,40)/t17-/m1/s1. The van der Waals surface area contributed by atoms with Crippen LogP contribution in [0.4, 0.5) is 23.8 Å². The molecule has 0 aliphatic carbocycles. The molecule has 0 saturated carbocycles. The van der Waals surface area contributed by atoms with Gasteiger partial charge >= 0.3 is 12.1 Å². The number of rotatable bonds is 8. The summed E-state index contributed by atoms with van der Waals surface area (Å²) in [5, 5.41) is 20.0. The number of nitrogens with zero attached hydrogens (tertiary/aromatic N) is 3. The van der Waals surface area contributed by atoms with E-state index in [2.05, 4.69) is 15.6 Å². The second-order valence-electron chi connectivity index (χ2n) is 9.39. The van der Waals surface area contributed by atoms with Crippen LogP contribution in [0.3, 0.4) is 0 Å². The summed E-state index contributed by atoms with van der Waals surface area (Å²) < 4.78 is 55.6. The minimum atomic E-state index is -1.45. The number of aromatic nitrogens is 3. The topological polar surface area (TPSA) is 116 Å². The van der Waals surface area contributed by atoms with Crippen LogP contribution < -0.4 is 10.1 Å². The summed E-state index contributed by atoms with van der Waals surface area (Å²) in [4.78, 5) is 24.0. The van der Waals surface area contributed by atoms with Gasteiger partial charge in [0.1, 0.15) is 28.9 Å². The molecule has 1 aromatic heterocycles. The van der Waals surface area contributed by atoms with Gasteiger partial charge in [-0.25, -0.2) is 27.4 Å². The molecule has 218 valence electrons. The van der Waals surface area contributed by atoms with Crippen LogP contribution >= 0.6 is 0 Å². The highest BCUT2D eigenvalue weighted by Crippen LogP contribution is 2.35. The van der Waals surface area contributed by atoms with Crippen LogP contribution in [0.5, 0.6) is 11.5 Å². The van der Waals surface area contributed by atoms with Gasteiger partial charge in [0.25, 0.3) is 0 Å². The molecule has 0 unspecified atom stereocenters. The Hall–Kier alpha value is -5.65. The number of carboxylic acids is 1. The lowest BCUT2D eigenvalue weighted by Crippen LogP contribution is -2.18. The predicted octanol–water partition coefficient (Wildman–Crippen LogP) is 7.37. The number of hydrogen-bond acceptors (Lipinski definition) is 6. The number of hydrogen-bond donors (Lipinski definition) is 2. The largest absolute Gasteiger partial charge is 0.478 e. The first-order chi connectivity index (χ1) is 20.6. The van der Waals surface area contributed by atoms with E-state index in [0.717, 1.165) is 35.9 Å². The van der Waals surface area contributed by atoms with E-state index in [1.54, 1.807) is 38.2 Å². The molecule has 0 fully saturated rings. The van der Waals surface area contributed by atoms with Gasteiger partial charge in [-0.05, 0) is 47.9 Å². The summed E-state index contributed by atoms with van der Waals surface area (Å²) in [6.07, 6.45) is -1.21. The third kappa shape index (κ3) is 6.32. The van der Waals surface area contributed by atoms with Crippen LogP contribution in [0.1, 0.15) is 28.9 Å². The molecule has 1 atom stereocenters. The van der Waals surface area contributed by atoms with E-state index in [4.69, 9.17) is 9.47 Å². The number of anilines is 1. The first-order valence-electron chi connectivity index (χ1n) is 12.8. The Morgan fingerprint density at radius 3 is 2.19 bits per heavy atom. The molecule has 0 saturated heterocycles. The van der Waals surface area contributed by atoms with Crippen molar-refractivity contribution in [2.75, 3.05) is 5.32 Å². The van der Waals surface area contributed by atoms with E-state index in [-0.39, 0.29) is 11.4 Å². The number of ether oxygens (including phenoxy) is 2. The fraction of sp³-hybridized carbons (Fsp3) is 0.0968. The molecule has 2 N–H and O–H groups in total. The van der Waals surface area contributed by atoms with Crippen LogP contribution in [0.15, 0.2) is 84.9 Å². The van der Waals surface area contributed by atoms with E-state index in [1.165, 1.54) is 4.68 Å². The monoisotopic (exact) mass is 588 g/mol. The normalized spacial score (nSPS) is 11.6. The molecule has 1 amide bonds. The smallest absolute Gasteiger partial charge is 0.413 e. The van der Waals surface area contributed by atoms with Gasteiger partial charge in [0.2, 0.25) is 0 Å². The van der Waals surface area contributed by atoms with Gasteiger partial charge in [-0.1, -0.05) is 59.8 Å². The summed E-state index contributed by atoms with van der Waals surface area (Å²) in [6.45, 7) is 1.75. The lowest BCUT2D eigenvalue weighted by atomic mass is 10.0. The molecule has 0 radical (unpaired) electrons. The van der Waals surface area contributed by atoms with Crippen LogP contribution in [0.2, 0.25) is 0 Å². The highest BCUT2D eigenvalue weighted by molar-refractivity contribution is 5.91. The maximum Gasteiger partial charge on any atom is 0.413 e. The molecule has 0 aliphatic heterocycles. The molecule has 5 aromatic rings. The maximum absolute atomic E-state index is 15.0. The number of aromatic carboxylic acids is 1. The van der Waals surface area contributed by atoms with E-state index >= 15 is 0 Å². The maximum atomic E-state index is 15.0. The number of nitrogens with one attached hydrogen (secondary N) is 1. The molecular weight excluding hydrogens is 565 g/mol. The van der Waals surface area contributed by atoms with E-state index in [9.17, 15) is 27.9 Å². The Morgan fingerprint density at radius 2 is 1.53 bits per heavy atom. The summed E-state index contributed by atoms with van der Waals surface area (Å²) in [7, 11) is 1.60. The molecule has 4 aromatic carbocycles. The van der Waals surface area contributed by atoms with E-state index in [1.807, 2.05) is 30.3 Å². The zero-order valence-corrected chi connectivity index (χ0v) is 22.7. The third-order valence-electron chi connectivity index (χ3n) is 6.48. The minimum Gasteiger partial charge on any atom is -0.478 e. The van der Waals surface area contributed by atoms with Crippen molar-refractivity contribution in [3.8, 4) is 33.9 Å². The molecule has 0 aliphatic rings. The number of amides is 1. The van der Waals surface area contributed by atoms with Gasteiger partial charge in [-0.2, -0.15) is 0 Å². The molecule has 0 bridgehead atoms. The summed E-state index contributed by atoms with van der Waals surface area (Å²) in [5.74, 6) is -5.68. The summed E-state index contributed by atoms with van der Waals surface area (Å²) in [6, 6.07) is 20.3. The fourth-order valence-electron chi connectivity index (χ4n) is 4.28. The number of aryl methyl sites for hydroxylation is 1.